The van der Waals surface area contributed by atoms with E-state index >= 15 is 0 Å². The molecule has 2 aliphatic heterocycles. The van der Waals surface area contributed by atoms with Gasteiger partial charge in [-0.25, -0.2) is 0 Å². The molecular weight excluding hydrogens is 306 g/mol. The highest BCUT2D eigenvalue weighted by molar-refractivity contribution is 7.99. The fraction of sp³-hybridized carbons (Fsp3) is 0.312. The average molecular weight is 324 g/mol. The van der Waals surface area contributed by atoms with Crippen molar-refractivity contribution in [1.82, 2.24) is 4.90 Å². The summed E-state index contributed by atoms with van der Waals surface area (Å²) in [6.07, 6.45) is 8.11. The summed E-state index contributed by atoms with van der Waals surface area (Å²) in [7, 11) is 1.85. The Bertz CT molecular complexity index is 516. The van der Waals surface area contributed by atoms with E-state index in [9.17, 15) is 4.79 Å². The first-order valence-electron chi connectivity index (χ1n) is 6.74. The number of nitrogens with zero attached hydrogens (tertiary/aromatic N) is 1. The predicted molar refractivity (Wildman–Crippen MR) is 88.3 cm³/mol. The second kappa shape index (κ2) is 8.15. The minimum absolute atomic E-state index is 0.142. The Morgan fingerprint density at radius 1 is 1.29 bits per heavy atom. The van der Waals surface area contributed by atoms with Gasteiger partial charge < -0.3 is 9.64 Å². The fourth-order valence-electron chi connectivity index (χ4n) is 1.97. The van der Waals surface area contributed by atoms with E-state index in [1.165, 1.54) is 0 Å². The molecule has 1 unspecified atom stereocenters. The Balaban J connectivity index is 0.000000225. The zero-order valence-corrected chi connectivity index (χ0v) is 13.4. The molecule has 0 saturated carbocycles. The van der Waals surface area contributed by atoms with Gasteiger partial charge in [-0.3, -0.25) is 4.79 Å². The Labute approximate surface area is 134 Å². The van der Waals surface area contributed by atoms with Crippen LogP contribution in [0.4, 0.5) is 0 Å². The highest BCUT2D eigenvalue weighted by Crippen LogP contribution is 2.36. The van der Waals surface area contributed by atoms with Gasteiger partial charge in [-0.05, 0) is 29.8 Å². The number of carbonyl (C=O) groups is 1. The van der Waals surface area contributed by atoms with Gasteiger partial charge in [-0.1, -0.05) is 29.8 Å². The summed E-state index contributed by atoms with van der Waals surface area (Å²) >= 11 is 7.62. The summed E-state index contributed by atoms with van der Waals surface area (Å²) < 4.78 is 4.80. The summed E-state index contributed by atoms with van der Waals surface area (Å²) in [6, 6.07) is 7.69. The van der Waals surface area contributed by atoms with Gasteiger partial charge >= 0.3 is 0 Å². The Kier molecular flexibility index (Phi) is 6.21. The Hall–Kier alpha value is -1.39. The third-order valence-electron chi connectivity index (χ3n) is 3.11. The maximum absolute atomic E-state index is 11.5. The van der Waals surface area contributed by atoms with Crippen LogP contribution in [0.1, 0.15) is 17.4 Å². The molecule has 1 atom stereocenters. The number of amides is 1. The summed E-state index contributed by atoms with van der Waals surface area (Å²) in [5.41, 5.74) is 1.14. The Morgan fingerprint density at radius 3 is 2.57 bits per heavy atom. The van der Waals surface area contributed by atoms with Gasteiger partial charge in [0.2, 0.25) is 5.91 Å². The standard InChI is InChI=1S/C11H12ClNOS.C5H6O/c1-13-10(14)6-7-15-11(13)8-2-4-9(12)5-3-8;1-2-4-6-5-3-1/h2-5,11H,6-7H2,1H3;1-4H,5H2. The zero-order chi connectivity index (χ0) is 15.1. The van der Waals surface area contributed by atoms with Crippen LogP contribution in [-0.2, 0) is 9.53 Å². The molecule has 1 amide bonds. The van der Waals surface area contributed by atoms with Crippen molar-refractivity contribution in [1.29, 1.82) is 0 Å². The maximum atomic E-state index is 11.5. The second-order valence-corrected chi connectivity index (χ2v) is 6.24. The topological polar surface area (TPSA) is 29.5 Å². The molecule has 0 aromatic heterocycles. The summed E-state index contributed by atoms with van der Waals surface area (Å²) in [5.74, 6) is 1.12. The number of halogens is 1. The average Bonchev–Trinajstić information content (AvgIpc) is 2.53. The first kappa shape index (κ1) is 16.0. The number of benzene rings is 1. The van der Waals surface area contributed by atoms with Crippen LogP contribution >= 0.6 is 23.4 Å². The summed E-state index contributed by atoms with van der Waals surface area (Å²) in [6.45, 7) is 0.733. The van der Waals surface area contributed by atoms with Crippen LogP contribution in [0.25, 0.3) is 0 Å². The van der Waals surface area contributed by atoms with E-state index in [2.05, 4.69) is 0 Å². The van der Waals surface area contributed by atoms with Crippen LogP contribution in [0.2, 0.25) is 5.02 Å². The summed E-state index contributed by atoms with van der Waals surface area (Å²) in [5, 5.41) is 0.872. The highest BCUT2D eigenvalue weighted by Gasteiger charge is 2.26. The monoisotopic (exact) mass is 323 g/mol. The molecule has 0 aliphatic carbocycles. The number of allylic oxidation sites excluding steroid dienone is 2. The van der Waals surface area contributed by atoms with Crippen LogP contribution in [0, 0.1) is 0 Å². The zero-order valence-electron chi connectivity index (χ0n) is 11.9. The molecule has 1 aromatic carbocycles. The quantitative estimate of drug-likeness (QED) is 0.781. The number of rotatable bonds is 1. The van der Waals surface area contributed by atoms with Crippen molar-refractivity contribution in [3.05, 3.63) is 59.3 Å². The smallest absolute Gasteiger partial charge is 0.224 e. The lowest BCUT2D eigenvalue weighted by Gasteiger charge is -2.32. The largest absolute Gasteiger partial charge is 0.497 e. The lowest BCUT2D eigenvalue weighted by Crippen LogP contribution is -2.33. The third kappa shape index (κ3) is 4.83. The number of ether oxygens (including phenoxy) is 1. The number of hydrogen-bond acceptors (Lipinski definition) is 3. The minimum atomic E-state index is 0.142. The van der Waals surface area contributed by atoms with E-state index in [-0.39, 0.29) is 11.3 Å². The first-order valence-corrected chi connectivity index (χ1v) is 8.17. The molecule has 1 saturated heterocycles. The van der Waals surface area contributed by atoms with Gasteiger partial charge in [-0.15, -0.1) is 11.8 Å². The normalized spacial score (nSPS) is 20.6. The van der Waals surface area contributed by atoms with Crippen molar-refractivity contribution in [2.24, 2.45) is 0 Å². The lowest BCUT2D eigenvalue weighted by atomic mass is 10.2. The van der Waals surface area contributed by atoms with Crippen molar-refractivity contribution in [3.63, 3.8) is 0 Å². The molecule has 112 valence electrons. The lowest BCUT2D eigenvalue weighted by molar-refractivity contribution is -0.130. The van der Waals surface area contributed by atoms with Gasteiger partial charge in [0, 0.05) is 24.2 Å². The van der Waals surface area contributed by atoms with E-state index < -0.39 is 0 Å². The van der Waals surface area contributed by atoms with E-state index in [0.717, 1.165) is 22.9 Å². The number of carbonyl (C=O) groups excluding carboxylic acids is 1. The molecule has 2 heterocycles. The molecule has 3 nitrogen and oxygen atoms in total. The van der Waals surface area contributed by atoms with Gasteiger partial charge in [0.1, 0.15) is 12.0 Å². The van der Waals surface area contributed by atoms with E-state index in [1.807, 2.05) is 49.5 Å². The molecule has 0 N–H and O–H groups in total. The van der Waals surface area contributed by atoms with Crippen LogP contribution < -0.4 is 0 Å². The van der Waals surface area contributed by atoms with Gasteiger partial charge in [-0.2, -0.15) is 0 Å². The molecule has 3 rings (SSSR count). The van der Waals surface area contributed by atoms with Crippen molar-refractivity contribution < 1.29 is 9.53 Å². The molecule has 0 bridgehead atoms. The van der Waals surface area contributed by atoms with Crippen molar-refractivity contribution in [3.8, 4) is 0 Å². The fourth-order valence-corrected chi connectivity index (χ4v) is 3.30. The number of hydrogen-bond donors (Lipinski definition) is 0. The van der Waals surface area contributed by atoms with Crippen molar-refractivity contribution in [2.75, 3.05) is 19.4 Å². The third-order valence-corrected chi connectivity index (χ3v) is 4.70. The van der Waals surface area contributed by atoms with Gasteiger partial charge in [0.05, 0.1) is 6.26 Å². The van der Waals surface area contributed by atoms with Gasteiger partial charge in [0.15, 0.2) is 0 Å². The van der Waals surface area contributed by atoms with Crippen LogP contribution in [0.15, 0.2) is 48.8 Å². The second-order valence-electron chi connectivity index (χ2n) is 4.62. The minimum Gasteiger partial charge on any atom is -0.497 e. The molecule has 0 spiro atoms. The first-order chi connectivity index (χ1) is 10.2. The molecule has 0 radical (unpaired) electrons. The Morgan fingerprint density at radius 2 is 2.05 bits per heavy atom. The van der Waals surface area contributed by atoms with Crippen LogP contribution in [-0.4, -0.2) is 30.2 Å². The van der Waals surface area contributed by atoms with E-state index in [4.69, 9.17) is 16.3 Å². The molecule has 2 aliphatic rings. The van der Waals surface area contributed by atoms with Crippen molar-refractivity contribution in [2.45, 2.75) is 11.8 Å². The predicted octanol–water partition coefficient (Wildman–Crippen LogP) is 4.02. The van der Waals surface area contributed by atoms with Crippen molar-refractivity contribution >= 4 is 29.3 Å². The molecule has 5 heteroatoms. The molecule has 21 heavy (non-hydrogen) atoms. The van der Waals surface area contributed by atoms with Crippen LogP contribution in [0.3, 0.4) is 0 Å². The van der Waals surface area contributed by atoms with E-state index in [0.29, 0.717) is 6.42 Å². The maximum Gasteiger partial charge on any atom is 0.224 e. The highest BCUT2D eigenvalue weighted by atomic mass is 35.5. The summed E-state index contributed by atoms with van der Waals surface area (Å²) in [4.78, 5) is 13.3. The van der Waals surface area contributed by atoms with Gasteiger partial charge in [0.25, 0.3) is 0 Å². The SMILES string of the molecule is C1=CCOC=C1.CN1C(=O)CCSC1c1ccc(Cl)cc1. The van der Waals surface area contributed by atoms with E-state index in [1.54, 1.807) is 22.9 Å². The number of thioether (sulfide) groups is 1. The molecular formula is C16H18ClNO2S. The van der Waals surface area contributed by atoms with Crippen LogP contribution in [0.5, 0.6) is 0 Å². The molecule has 1 aromatic rings. The molecule has 1 fully saturated rings.